The lowest BCUT2D eigenvalue weighted by Gasteiger charge is -2.56. The van der Waals surface area contributed by atoms with Crippen LogP contribution in [0.5, 0.6) is 0 Å². The summed E-state index contributed by atoms with van der Waals surface area (Å²) in [6.45, 7) is 14.2. The minimum absolute atomic E-state index is 0.144. The van der Waals surface area contributed by atoms with Crippen molar-refractivity contribution in [3.05, 3.63) is 0 Å². The SMILES string of the molecule is CC(C)N1CC2(CCCN(C(=O)OC(C)(C)C)C2)C1. The number of piperidine rings is 1. The van der Waals surface area contributed by atoms with Crippen LogP contribution in [0.2, 0.25) is 0 Å². The van der Waals surface area contributed by atoms with Gasteiger partial charge in [0.15, 0.2) is 0 Å². The third-order valence-electron chi connectivity index (χ3n) is 4.12. The highest BCUT2D eigenvalue weighted by Gasteiger charge is 2.47. The number of ether oxygens (including phenoxy) is 1. The summed E-state index contributed by atoms with van der Waals surface area (Å²) in [7, 11) is 0. The van der Waals surface area contributed by atoms with Crippen LogP contribution in [0.3, 0.4) is 0 Å². The minimum atomic E-state index is -0.398. The van der Waals surface area contributed by atoms with E-state index in [1.807, 2.05) is 25.7 Å². The van der Waals surface area contributed by atoms with Crippen LogP contribution in [0.4, 0.5) is 4.79 Å². The van der Waals surface area contributed by atoms with Gasteiger partial charge in [0.05, 0.1) is 0 Å². The predicted octanol–water partition coefficient (Wildman–Crippen LogP) is 2.73. The Balaban J connectivity index is 1.90. The molecule has 0 aromatic carbocycles. The van der Waals surface area contributed by atoms with E-state index in [1.165, 1.54) is 6.42 Å². The van der Waals surface area contributed by atoms with Crippen molar-refractivity contribution < 1.29 is 9.53 Å². The van der Waals surface area contributed by atoms with Gasteiger partial charge in [0.1, 0.15) is 5.60 Å². The zero-order valence-corrected chi connectivity index (χ0v) is 13.0. The van der Waals surface area contributed by atoms with E-state index in [4.69, 9.17) is 4.74 Å². The maximum Gasteiger partial charge on any atom is 0.410 e. The fraction of sp³-hybridized carbons (Fsp3) is 0.933. The number of rotatable bonds is 1. The molecule has 1 spiro atoms. The van der Waals surface area contributed by atoms with Gasteiger partial charge in [0.25, 0.3) is 0 Å². The van der Waals surface area contributed by atoms with Crippen molar-refractivity contribution >= 4 is 6.09 Å². The Morgan fingerprint density at radius 3 is 2.37 bits per heavy atom. The number of carbonyl (C=O) groups excluding carboxylic acids is 1. The summed E-state index contributed by atoms with van der Waals surface area (Å²) in [5.41, 5.74) is -0.0648. The monoisotopic (exact) mass is 268 g/mol. The molecule has 2 aliphatic rings. The maximum atomic E-state index is 12.1. The molecule has 2 fully saturated rings. The Morgan fingerprint density at radius 1 is 1.21 bits per heavy atom. The zero-order chi connectivity index (χ0) is 14.3. The molecule has 0 aromatic heterocycles. The number of nitrogens with zero attached hydrogens (tertiary/aromatic N) is 2. The second kappa shape index (κ2) is 4.97. The van der Waals surface area contributed by atoms with E-state index in [1.54, 1.807) is 0 Å². The Hall–Kier alpha value is -0.770. The second-order valence-corrected chi connectivity index (χ2v) is 7.50. The standard InChI is InChI=1S/C15H28N2O2/c1-12(2)17-10-15(11-17)7-6-8-16(9-15)13(18)19-14(3,4)5/h12H,6-11H2,1-5H3. The van der Waals surface area contributed by atoms with Gasteiger partial charge in [-0.15, -0.1) is 0 Å². The van der Waals surface area contributed by atoms with E-state index in [0.717, 1.165) is 32.6 Å². The van der Waals surface area contributed by atoms with Gasteiger partial charge in [-0.3, -0.25) is 4.90 Å². The maximum absolute atomic E-state index is 12.1. The molecule has 0 atom stereocenters. The lowest BCUT2D eigenvalue weighted by atomic mass is 9.73. The van der Waals surface area contributed by atoms with E-state index in [9.17, 15) is 4.79 Å². The van der Waals surface area contributed by atoms with Crippen molar-refractivity contribution in [3.8, 4) is 0 Å². The van der Waals surface area contributed by atoms with E-state index < -0.39 is 5.60 Å². The molecule has 2 rings (SSSR count). The van der Waals surface area contributed by atoms with Gasteiger partial charge in [-0.05, 0) is 47.5 Å². The van der Waals surface area contributed by atoms with Gasteiger partial charge in [-0.1, -0.05) is 0 Å². The topological polar surface area (TPSA) is 32.8 Å². The molecule has 0 saturated carbocycles. The van der Waals surface area contributed by atoms with Gasteiger partial charge in [0.2, 0.25) is 0 Å². The van der Waals surface area contributed by atoms with Crippen LogP contribution in [0, 0.1) is 5.41 Å². The molecular formula is C15H28N2O2. The summed E-state index contributed by atoms with van der Waals surface area (Å²) in [6, 6.07) is 0.613. The molecule has 4 heteroatoms. The zero-order valence-electron chi connectivity index (χ0n) is 13.0. The Bertz CT molecular complexity index is 341. The highest BCUT2D eigenvalue weighted by Crippen LogP contribution is 2.40. The van der Waals surface area contributed by atoms with E-state index in [2.05, 4.69) is 18.7 Å². The first-order valence-electron chi connectivity index (χ1n) is 7.43. The molecule has 0 aliphatic carbocycles. The van der Waals surface area contributed by atoms with Crippen molar-refractivity contribution in [1.29, 1.82) is 0 Å². The van der Waals surface area contributed by atoms with Crippen LogP contribution in [-0.4, -0.2) is 53.7 Å². The third kappa shape index (κ3) is 3.41. The molecule has 0 aromatic rings. The fourth-order valence-electron chi connectivity index (χ4n) is 3.13. The predicted molar refractivity (Wildman–Crippen MR) is 76.2 cm³/mol. The summed E-state index contributed by atoms with van der Waals surface area (Å²) in [4.78, 5) is 16.5. The molecule has 19 heavy (non-hydrogen) atoms. The number of likely N-dealkylation sites (tertiary alicyclic amines) is 2. The first-order chi connectivity index (χ1) is 8.71. The second-order valence-electron chi connectivity index (χ2n) is 7.50. The first-order valence-corrected chi connectivity index (χ1v) is 7.43. The first kappa shape index (κ1) is 14.6. The summed E-state index contributed by atoms with van der Waals surface area (Å²) in [5, 5.41) is 0. The summed E-state index contributed by atoms with van der Waals surface area (Å²) < 4.78 is 5.49. The molecule has 4 nitrogen and oxygen atoms in total. The van der Waals surface area contributed by atoms with Crippen LogP contribution in [0.25, 0.3) is 0 Å². The number of hydrogen-bond donors (Lipinski definition) is 0. The van der Waals surface area contributed by atoms with Crippen LogP contribution in [0.1, 0.15) is 47.5 Å². The van der Waals surface area contributed by atoms with Crippen LogP contribution in [-0.2, 0) is 4.74 Å². The number of carbonyl (C=O) groups is 1. The van der Waals surface area contributed by atoms with E-state index >= 15 is 0 Å². The Labute approximate surface area is 117 Å². The molecule has 0 N–H and O–H groups in total. The molecular weight excluding hydrogens is 240 g/mol. The average Bonchev–Trinajstić information content (AvgIpc) is 2.23. The molecule has 2 saturated heterocycles. The van der Waals surface area contributed by atoms with Crippen LogP contribution < -0.4 is 0 Å². The summed E-state index contributed by atoms with van der Waals surface area (Å²) in [6.07, 6.45) is 2.20. The van der Waals surface area contributed by atoms with Gasteiger partial charge in [-0.2, -0.15) is 0 Å². The van der Waals surface area contributed by atoms with Gasteiger partial charge in [0, 0.05) is 37.6 Å². The molecule has 110 valence electrons. The largest absolute Gasteiger partial charge is 0.444 e. The molecule has 0 radical (unpaired) electrons. The highest BCUT2D eigenvalue weighted by molar-refractivity contribution is 5.68. The van der Waals surface area contributed by atoms with Crippen molar-refractivity contribution in [2.45, 2.75) is 59.1 Å². The smallest absolute Gasteiger partial charge is 0.410 e. The molecule has 0 unspecified atom stereocenters. The normalized spacial score (nSPS) is 23.6. The highest BCUT2D eigenvalue weighted by atomic mass is 16.6. The average molecular weight is 268 g/mol. The van der Waals surface area contributed by atoms with E-state index in [0.29, 0.717) is 11.5 Å². The van der Waals surface area contributed by atoms with Crippen molar-refractivity contribution in [2.24, 2.45) is 5.41 Å². The molecule has 2 heterocycles. The van der Waals surface area contributed by atoms with Crippen LogP contribution >= 0.6 is 0 Å². The van der Waals surface area contributed by atoms with Crippen molar-refractivity contribution in [3.63, 3.8) is 0 Å². The lowest BCUT2D eigenvalue weighted by molar-refractivity contribution is -0.0720. The molecule has 0 bridgehead atoms. The van der Waals surface area contributed by atoms with Gasteiger partial charge >= 0.3 is 6.09 Å². The van der Waals surface area contributed by atoms with Crippen LogP contribution in [0.15, 0.2) is 0 Å². The van der Waals surface area contributed by atoms with Crippen molar-refractivity contribution in [2.75, 3.05) is 26.2 Å². The molecule has 2 aliphatic heterocycles. The van der Waals surface area contributed by atoms with Crippen molar-refractivity contribution in [1.82, 2.24) is 9.80 Å². The third-order valence-corrected chi connectivity index (χ3v) is 4.12. The number of hydrogen-bond acceptors (Lipinski definition) is 3. The van der Waals surface area contributed by atoms with Gasteiger partial charge < -0.3 is 9.64 Å². The van der Waals surface area contributed by atoms with E-state index in [-0.39, 0.29) is 6.09 Å². The summed E-state index contributed by atoms with van der Waals surface area (Å²) in [5.74, 6) is 0. The minimum Gasteiger partial charge on any atom is -0.444 e. The summed E-state index contributed by atoms with van der Waals surface area (Å²) >= 11 is 0. The quantitative estimate of drug-likeness (QED) is 0.733. The van der Waals surface area contributed by atoms with Gasteiger partial charge in [-0.25, -0.2) is 4.79 Å². The Morgan fingerprint density at radius 2 is 1.84 bits per heavy atom. The number of amides is 1. The molecule has 1 amide bonds. The Kier molecular flexibility index (Phi) is 3.83. The lowest BCUT2D eigenvalue weighted by Crippen LogP contribution is -2.65. The fourth-order valence-corrected chi connectivity index (χ4v) is 3.13.